The Morgan fingerprint density at radius 1 is 1.16 bits per heavy atom. The maximum atomic E-state index is 9.21. The molecule has 0 spiro atoms. The Kier molecular flexibility index (Phi) is 3.09. The molecule has 1 heterocycles. The lowest BCUT2D eigenvalue weighted by Gasteiger charge is -2.07. The van der Waals surface area contributed by atoms with Crippen LogP contribution in [0.1, 0.15) is 6.92 Å². The molecule has 98 valence electrons. The molecule has 0 saturated heterocycles. The van der Waals surface area contributed by atoms with E-state index in [0.29, 0.717) is 10.8 Å². The summed E-state index contributed by atoms with van der Waals surface area (Å²) in [5.41, 5.74) is 1.51. The van der Waals surface area contributed by atoms with Gasteiger partial charge in [-0.2, -0.15) is 0 Å². The highest BCUT2D eigenvalue weighted by Gasteiger charge is 2.08. The Hall–Kier alpha value is -1.71. The molecular formula is C15H13ClO3. The van der Waals surface area contributed by atoms with Gasteiger partial charge in [0.2, 0.25) is 0 Å². The number of rotatable bonds is 3. The highest BCUT2D eigenvalue weighted by Crippen LogP contribution is 2.32. The van der Waals surface area contributed by atoms with E-state index in [2.05, 4.69) is 0 Å². The molecule has 0 amide bonds. The van der Waals surface area contributed by atoms with Crippen LogP contribution in [0.15, 0.2) is 40.8 Å². The molecule has 1 N–H and O–H groups in total. The minimum Gasteiger partial charge on any atom is -0.491 e. The normalized spacial score (nSPS) is 13.0. The number of halogens is 1. The minimum absolute atomic E-state index is 0.261. The Morgan fingerprint density at radius 2 is 1.84 bits per heavy atom. The smallest absolute Gasteiger partial charge is 0.139 e. The van der Waals surface area contributed by atoms with Crippen molar-refractivity contribution in [1.82, 2.24) is 0 Å². The van der Waals surface area contributed by atoms with Crippen molar-refractivity contribution in [1.29, 1.82) is 0 Å². The summed E-state index contributed by atoms with van der Waals surface area (Å²) < 4.78 is 11.2. The lowest BCUT2D eigenvalue weighted by molar-refractivity contribution is 0.123. The van der Waals surface area contributed by atoms with E-state index < -0.39 is 6.10 Å². The average molecular weight is 277 g/mol. The topological polar surface area (TPSA) is 42.6 Å². The molecule has 1 unspecified atom stereocenters. The molecule has 0 radical (unpaired) electrons. The highest BCUT2D eigenvalue weighted by atomic mass is 35.5. The van der Waals surface area contributed by atoms with Crippen LogP contribution in [0.3, 0.4) is 0 Å². The number of aliphatic hydroxyl groups excluding tert-OH is 1. The summed E-state index contributed by atoms with van der Waals surface area (Å²) in [6, 6.07) is 11.2. The third kappa shape index (κ3) is 2.39. The van der Waals surface area contributed by atoms with Gasteiger partial charge in [-0.05, 0) is 31.2 Å². The number of aliphatic hydroxyl groups is 1. The predicted molar refractivity (Wildman–Crippen MR) is 75.9 cm³/mol. The summed E-state index contributed by atoms with van der Waals surface area (Å²) in [5.74, 6) is 0.679. The first-order valence-electron chi connectivity index (χ1n) is 6.06. The van der Waals surface area contributed by atoms with E-state index in [4.69, 9.17) is 20.8 Å². The van der Waals surface area contributed by atoms with Gasteiger partial charge in [0.15, 0.2) is 0 Å². The number of benzene rings is 2. The molecule has 3 nitrogen and oxygen atoms in total. The van der Waals surface area contributed by atoms with Crippen molar-refractivity contribution < 1.29 is 14.3 Å². The van der Waals surface area contributed by atoms with Gasteiger partial charge >= 0.3 is 0 Å². The van der Waals surface area contributed by atoms with Crippen LogP contribution in [-0.4, -0.2) is 17.8 Å². The van der Waals surface area contributed by atoms with E-state index in [1.165, 1.54) is 0 Å². The molecule has 3 rings (SSSR count). The first-order chi connectivity index (χ1) is 9.13. The van der Waals surface area contributed by atoms with Crippen molar-refractivity contribution in [2.45, 2.75) is 13.0 Å². The van der Waals surface area contributed by atoms with Crippen LogP contribution in [0.2, 0.25) is 5.02 Å². The predicted octanol–water partition coefficient (Wildman–Crippen LogP) is 4.00. The maximum absolute atomic E-state index is 9.21. The van der Waals surface area contributed by atoms with E-state index in [0.717, 1.165) is 21.9 Å². The van der Waals surface area contributed by atoms with Gasteiger partial charge in [-0.25, -0.2) is 0 Å². The number of hydrogen-bond acceptors (Lipinski definition) is 3. The van der Waals surface area contributed by atoms with Gasteiger partial charge in [0.05, 0.1) is 6.10 Å². The lowest BCUT2D eigenvalue weighted by atomic mass is 10.1. The molecule has 4 heteroatoms. The standard InChI is InChI=1S/C15H13ClO3/c1-9(17)8-18-11-3-5-13-12-4-2-10(16)6-14(12)19-15(13)7-11/h2-7,9,17H,8H2,1H3. The van der Waals surface area contributed by atoms with Crippen molar-refractivity contribution in [3.8, 4) is 5.75 Å². The van der Waals surface area contributed by atoms with E-state index in [1.807, 2.05) is 30.3 Å². The zero-order valence-corrected chi connectivity index (χ0v) is 11.1. The molecule has 19 heavy (non-hydrogen) atoms. The Balaban J connectivity index is 2.05. The van der Waals surface area contributed by atoms with Crippen molar-refractivity contribution in [3.63, 3.8) is 0 Å². The van der Waals surface area contributed by atoms with Crippen LogP contribution in [0.4, 0.5) is 0 Å². The number of fused-ring (bicyclic) bond motifs is 3. The first-order valence-corrected chi connectivity index (χ1v) is 6.44. The van der Waals surface area contributed by atoms with Crippen molar-refractivity contribution >= 4 is 33.5 Å². The van der Waals surface area contributed by atoms with Crippen LogP contribution in [-0.2, 0) is 0 Å². The van der Waals surface area contributed by atoms with Gasteiger partial charge in [0, 0.05) is 27.9 Å². The zero-order chi connectivity index (χ0) is 13.4. The highest BCUT2D eigenvalue weighted by molar-refractivity contribution is 6.31. The molecule has 0 aliphatic carbocycles. The maximum Gasteiger partial charge on any atom is 0.139 e. The molecule has 2 aromatic carbocycles. The number of ether oxygens (including phenoxy) is 1. The second-order valence-electron chi connectivity index (χ2n) is 4.56. The lowest BCUT2D eigenvalue weighted by Crippen LogP contribution is -2.12. The van der Waals surface area contributed by atoms with Gasteiger partial charge in [-0.1, -0.05) is 11.6 Å². The van der Waals surface area contributed by atoms with Gasteiger partial charge in [-0.15, -0.1) is 0 Å². The van der Waals surface area contributed by atoms with Crippen LogP contribution in [0, 0.1) is 0 Å². The number of furan rings is 1. The summed E-state index contributed by atoms with van der Waals surface area (Å²) in [7, 11) is 0. The number of hydrogen-bond donors (Lipinski definition) is 1. The molecule has 3 aromatic rings. The van der Waals surface area contributed by atoms with E-state index in [-0.39, 0.29) is 6.61 Å². The quantitative estimate of drug-likeness (QED) is 0.786. The Morgan fingerprint density at radius 3 is 2.58 bits per heavy atom. The molecule has 0 aliphatic rings. The first kappa shape index (κ1) is 12.3. The van der Waals surface area contributed by atoms with E-state index in [9.17, 15) is 5.11 Å². The van der Waals surface area contributed by atoms with E-state index >= 15 is 0 Å². The second-order valence-corrected chi connectivity index (χ2v) is 5.00. The molecule has 1 atom stereocenters. The van der Waals surface area contributed by atoms with Gasteiger partial charge in [-0.3, -0.25) is 0 Å². The zero-order valence-electron chi connectivity index (χ0n) is 10.4. The largest absolute Gasteiger partial charge is 0.491 e. The Bertz CT molecular complexity index is 731. The third-order valence-corrected chi connectivity index (χ3v) is 3.13. The molecule has 1 aromatic heterocycles. The summed E-state index contributed by atoms with van der Waals surface area (Å²) in [5, 5.41) is 11.9. The fourth-order valence-corrected chi connectivity index (χ4v) is 2.20. The fraction of sp³-hybridized carbons (Fsp3) is 0.200. The summed E-state index contributed by atoms with van der Waals surface area (Å²) >= 11 is 5.95. The minimum atomic E-state index is -0.495. The van der Waals surface area contributed by atoms with Crippen molar-refractivity contribution in [3.05, 3.63) is 41.4 Å². The van der Waals surface area contributed by atoms with Crippen LogP contribution in [0.25, 0.3) is 21.9 Å². The van der Waals surface area contributed by atoms with Crippen LogP contribution < -0.4 is 4.74 Å². The summed E-state index contributed by atoms with van der Waals surface area (Å²) in [6.07, 6.45) is -0.495. The molecule has 0 saturated carbocycles. The monoisotopic (exact) mass is 276 g/mol. The Labute approximate surface area is 115 Å². The van der Waals surface area contributed by atoms with Crippen molar-refractivity contribution in [2.75, 3.05) is 6.61 Å². The van der Waals surface area contributed by atoms with Crippen LogP contribution >= 0.6 is 11.6 Å². The van der Waals surface area contributed by atoms with Gasteiger partial charge in [0.1, 0.15) is 23.5 Å². The van der Waals surface area contributed by atoms with Gasteiger partial charge in [0.25, 0.3) is 0 Å². The summed E-state index contributed by atoms with van der Waals surface area (Å²) in [6.45, 7) is 1.94. The SMILES string of the molecule is CC(O)COc1ccc2c(c1)oc1cc(Cl)ccc12. The van der Waals surface area contributed by atoms with Gasteiger partial charge < -0.3 is 14.3 Å². The van der Waals surface area contributed by atoms with E-state index in [1.54, 1.807) is 13.0 Å². The molecule has 0 fully saturated rings. The summed E-state index contributed by atoms with van der Waals surface area (Å²) in [4.78, 5) is 0. The third-order valence-electron chi connectivity index (χ3n) is 2.90. The fourth-order valence-electron chi connectivity index (χ4n) is 2.04. The molecule has 0 bridgehead atoms. The second kappa shape index (κ2) is 4.76. The molecular weight excluding hydrogens is 264 g/mol. The molecule has 0 aliphatic heterocycles. The van der Waals surface area contributed by atoms with Crippen molar-refractivity contribution in [2.24, 2.45) is 0 Å². The average Bonchev–Trinajstić information content (AvgIpc) is 2.72. The van der Waals surface area contributed by atoms with Crippen LogP contribution in [0.5, 0.6) is 5.75 Å².